The van der Waals surface area contributed by atoms with Crippen molar-refractivity contribution in [2.24, 2.45) is 0 Å². The van der Waals surface area contributed by atoms with Crippen LogP contribution in [0.15, 0.2) is 18.5 Å². The largest absolute Gasteiger partial charge is 0.497 e. The van der Waals surface area contributed by atoms with Crippen molar-refractivity contribution >= 4 is 17.4 Å². The van der Waals surface area contributed by atoms with Gasteiger partial charge in [0.2, 0.25) is 0 Å². The van der Waals surface area contributed by atoms with Crippen LogP contribution in [-0.4, -0.2) is 40.3 Å². The fraction of sp³-hybridized carbons (Fsp3) is 0.522. The third kappa shape index (κ3) is 5.35. The van der Waals surface area contributed by atoms with Crippen LogP contribution < -0.4 is 10.1 Å². The van der Waals surface area contributed by atoms with Gasteiger partial charge in [0.15, 0.2) is 0 Å². The van der Waals surface area contributed by atoms with Crippen LogP contribution in [0.2, 0.25) is 5.15 Å². The lowest BCUT2D eigenvalue weighted by molar-refractivity contribution is 0.407. The van der Waals surface area contributed by atoms with Crippen LogP contribution in [-0.2, 0) is 0 Å². The Morgan fingerprint density at radius 2 is 1.69 bits per heavy atom. The van der Waals surface area contributed by atoms with Gasteiger partial charge in [0, 0.05) is 23.6 Å². The van der Waals surface area contributed by atoms with E-state index in [0.29, 0.717) is 11.5 Å². The minimum Gasteiger partial charge on any atom is -0.497 e. The maximum absolute atomic E-state index is 14.9. The molecule has 3 aromatic rings. The van der Waals surface area contributed by atoms with Gasteiger partial charge in [-0.2, -0.15) is 15.1 Å². The zero-order valence-electron chi connectivity index (χ0n) is 18.8. The van der Waals surface area contributed by atoms with E-state index in [0.717, 1.165) is 57.2 Å². The third-order valence-corrected chi connectivity index (χ3v) is 6.04. The number of aromatic nitrogens is 4. The molecule has 1 aliphatic rings. The lowest BCUT2D eigenvalue weighted by Crippen LogP contribution is -2.13. The van der Waals surface area contributed by atoms with Gasteiger partial charge in [0.25, 0.3) is 5.78 Å². The van der Waals surface area contributed by atoms with E-state index in [1.54, 1.807) is 4.52 Å². The summed E-state index contributed by atoms with van der Waals surface area (Å²) in [5.74, 6) is -0.975. The predicted molar refractivity (Wildman–Crippen MR) is 122 cm³/mol. The van der Waals surface area contributed by atoms with E-state index in [1.807, 2.05) is 7.05 Å². The lowest BCUT2D eigenvalue weighted by atomic mass is 9.85. The van der Waals surface area contributed by atoms with Gasteiger partial charge in [-0.15, -0.1) is 0 Å². The van der Waals surface area contributed by atoms with Gasteiger partial charge in [0.05, 0.1) is 18.4 Å². The molecule has 0 spiro atoms. The first kappa shape index (κ1) is 24.3. The van der Waals surface area contributed by atoms with E-state index in [9.17, 15) is 8.78 Å². The summed E-state index contributed by atoms with van der Waals surface area (Å²) in [6.45, 7) is 3.14. The van der Waals surface area contributed by atoms with E-state index in [1.165, 1.54) is 19.9 Å². The zero-order valence-corrected chi connectivity index (χ0v) is 19.6. The van der Waals surface area contributed by atoms with Gasteiger partial charge in [0.1, 0.15) is 28.9 Å². The van der Waals surface area contributed by atoms with Crippen LogP contribution in [0, 0.1) is 11.6 Å². The zero-order chi connectivity index (χ0) is 23.1. The van der Waals surface area contributed by atoms with Gasteiger partial charge in [-0.3, -0.25) is 0 Å². The molecule has 32 heavy (non-hydrogen) atoms. The monoisotopic (exact) mass is 465 g/mol. The molecule has 0 atom stereocenters. The molecular weight excluding hydrogens is 436 g/mol. The molecule has 1 aliphatic carbocycles. The SMILES string of the molecule is CCNC.COc1cc(F)c(-c2c(Cl)nc3ncnn3c2C2CCCCCCC2)c(F)c1. The number of nitrogens with one attached hydrogen (secondary N) is 1. The van der Waals surface area contributed by atoms with Crippen molar-refractivity contribution in [2.45, 2.75) is 57.8 Å². The third-order valence-electron chi connectivity index (χ3n) is 5.77. The second kappa shape index (κ2) is 11.5. The van der Waals surface area contributed by atoms with Crippen molar-refractivity contribution in [1.29, 1.82) is 0 Å². The molecule has 1 aromatic carbocycles. The Morgan fingerprint density at radius 3 is 2.25 bits per heavy atom. The summed E-state index contributed by atoms with van der Waals surface area (Å²) in [6, 6.07) is 2.31. The molecular formula is C23H30ClF2N5O. The quantitative estimate of drug-likeness (QED) is 0.494. The summed E-state index contributed by atoms with van der Waals surface area (Å²) in [6.07, 6.45) is 8.81. The molecule has 6 nitrogen and oxygen atoms in total. The summed E-state index contributed by atoms with van der Waals surface area (Å²) < 4.78 is 36.4. The van der Waals surface area contributed by atoms with E-state index < -0.39 is 11.6 Å². The van der Waals surface area contributed by atoms with Crippen molar-refractivity contribution < 1.29 is 13.5 Å². The van der Waals surface area contributed by atoms with Crippen molar-refractivity contribution in [3.8, 4) is 16.9 Å². The van der Waals surface area contributed by atoms with Crippen LogP contribution in [0.1, 0.15) is 63.5 Å². The fourth-order valence-electron chi connectivity index (χ4n) is 4.08. The van der Waals surface area contributed by atoms with Crippen molar-refractivity contribution in [2.75, 3.05) is 20.7 Å². The molecule has 0 unspecified atom stereocenters. The predicted octanol–water partition coefficient (Wildman–Crippen LogP) is 5.79. The van der Waals surface area contributed by atoms with E-state index in [-0.39, 0.29) is 27.9 Å². The summed E-state index contributed by atoms with van der Waals surface area (Å²) in [7, 11) is 3.30. The Kier molecular flexibility index (Phi) is 8.75. The smallest absolute Gasteiger partial charge is 0.253 e. The number of rotatable bonds is 4. The minimum atomic E-state index is -0.743. The molecule has 2 heterocycles. The first-order valence-corrected chi connectivity index (χ1v) is 11.5. The number of ether oxygens (including phenoxy) is 1. The molecule has 1 fully saturated rings. The number of hydrogen-bond donors (Lipinski definition) is 1. The molecule has 0 saturated heterocycles. The number of hydrogen-bond acceptors (Lipinski definition) is 5. The number of nitrogens with zero attached hydrogens (tertiary/aromatic N) is 4. The van der Waals surface area contributed by atoms with Crippen molar-refractivity contribution in [3.63, 3.8) is 0 Å². The van der Waals surface area contributed by atoms with E-state index in [2.05, 4.69) is 27.3 Å². The highest BCUT2D eigenvalue weighted by Crippen LogP contribution is 2.42. The first-order chi connectivity index (χ1) is 15.5. The average Bonchev–Trinajstić information content (AvgIpc) is 3.21. The molecule has 9 heteroatoms. The molecule has 0 bridgehead atoms. The lowest BCUT2D eigenvalue weighted by Gasteiger charge is -2.24. The summed E-state index contributed by atoms with van der Waals surface area (Å²) in [5, 5.41) is 7.24. The molecule has 0 radical (unpaired) electrons. The van der Waals surface area contributed by atoms with Crippen LogP contribution in [0.5, 0.6) is 5.75 Å². The van der Waals surface area contributed by atoms with Crippen LogP contribution >= 0.6 is 11.6 Å². The summed E-state index contributed by atoms with van der Waals surface area (Å²) >= 11 is 6.45. The number of fused-ring (bicyclic) bond motifs is 1. The van der Waals surface area contributed by atoms with E-state index in [4.69, 9.17) is 16.3 Å². The van der Waals surface area contributed by atoms with Crippen LogP contribution in [0.3, 0.4) is 0 Å². The Labute approximate surface area is 192 Å². The fourth-order valence-corrected chi connectivity index (χ4v) is 4.35. The van der Waals surface area contributed by atoms with Gasteiger partial charge in [-0.05, 0) is 26.4 Å². The first-order valence-electron chi connectivity index (χ1n) is 11.1. The molecule has 2 aromatic heterocycles. The number of methoxy groups -OCH3 is 1. The topological polar surface area (TPSA) is 64.3 Å². The Morgan fingerprint density at radius 1 is 1.09 bits per heavy atom. The van der Waals surface area contributed by atoms with Gasteiger partial charge >= 0.3 is 0 Å². The molecule has 0 amide bonds. The van der Waals surface area contributed by atoms with E-state index >= 15 is 0 Å². The van der Waals surface area contributed by atoms with Gasteiger partial charge in [-0.25, -0.2) is 13.3 Å². The highest BCUT2D eigenvalue weighted by molar-refractivity contribution is 6.32. The Bertz CT molecular complexity index is 1010. The second-order valence-corrected chi connectivity index (χ2v) is 8.21. The van der Waals surface area contributed by atoms with Crippen molar-refractivity contribution in [1.82, 2.24) is 24.9 Å². The number of benzene rings is 1. The number of halogens is 3. The summed E-state index contributed by atoms with van der Waals surface area (Å²) in [4.78, 5) is 8.36. The standard InChI is InChI=1S/C20H21ClF2N4O.C3H9N/c1-28-13-9-14(22)16(15(23)10-13)17-18(12-7-5-3-2-4-6-8-12)27-20(24-11-25-27)26-19(17)21;1-3-4-2/h9-12H,2-8H2,1H3;4H,3H2,1-2H3. The molecule has 1 saturated carbocycles. The molecule has 0 aliphatic heterocycles. The molecule has 1 N–H and O–H groups in total. The Hall–Kier alpha value is -2.32. The minimum absolute atomic E-state index is 0.0283. The normalized spacial score (nSPS) is 15.1. The van der Waals surface area contributed by atoms with Gasteiger partial charge < -0.3 is 10.1 Å². The maximum Gasteiger partial charge on any atom is 0.253 e. The second-order valence-electron chi connectivity index (χ2n) is 7.85. The Balaban J connectivity index is 0.000000668. The van der Waals surface area contributed by atoms with Crippen molar-refractivity contribution in [3.05, 3.63) is 40.9 Å². The van der Waals surface area contributed by atoms with Gasteiger partial charge in [-0.1, -0.05) is 50.6 Å². The molecule has 174 valence electrons. The highest BCUT2D eigenvalue weighted by Gasteiger charge is 2.28. The van der Waals surface area contributed by atoms with Crippen LogP contribution in [0.4, 0.5) is 8.78 Å². The maximum atomic E-state index is 14.9. The highest BCUT2D eigenvalue weighted by atomic mass is 35.5. The molecule has 4 rings (SSSR count). The average molecular weight is 466 g/mol. The summed E-state index contributed by atoms with van der Waals surface area (Å²) in [5.41, 5.74) is 0.730. The van der Waals surface area contributed by atoms with Crippen LogP contribution in [0.25, 0.3) is 16.9 Å².